The number of carbonyl (C=O) groups excluding carboxylic acids is 1. The molecule has 2 aromatic heterocycles. The highest BCUT2D eigenvalue weighted by Gasteiger charge is 2.26. The van der Waals surface area contributed by atoms with Crippen LogP contribution in [0.2, 0.25) is 0 Å². The van der Waals surface area contributed by atoms with Crippen molar-refractivity contribution in [1.82, 2.24) is 25.2 Å². The fourth-order valence-corrected chi connectivity index (χ4v) is 5.09. The number of hydrogen-bond acceptors (Lipinski definition) is 5. The number of hydrogen-bond donors (Lipinski definition) is 3. The minimum Gasteiger partial charge on any atom is -0.489 e. The molecule has 0 aliphatic heterocycles. The number of rotatable bonds is 7. The highest BCUT2D eigenvalue weighted by molar-refractivity contribution is 6.00. The fourth-order valence-electron chi connectivity index (χ4n) is 5.09. The van der Waals surface area contributed by atoms with Crippen LogP contribution in [0.3, 0.4) is 0 Å². The fraction of sp³-hybridized carbons (Fsp3) is 0.345. The van der Waals surface area contributed by atoms with Crippen LogP contribution < -0.4 is 21.1 Å². The minimum absolute atomic E-state index is 0.0953. The Labute approximate surface area is 217 Å². The Hall–Kier alpha value is -4.07. The zero-order valence-electron chi connectivity index (χ0n) is 21.4. The van der Waals surface area contributed by atoms with E-state index in [1.807, 2.05) is 50.2 Å². The first-order valence-corrected chi connectivity index (χ1v) is 12.9. The normalized spacial score (nSPS) is 17.6. The summed E-state index contributed by atoms with van der Waals surface area (Å²) in [6.45, 7) is 4.43. The number of carbonyl (C=O) groups is 1. The van der Waals surface area contributed by atoms with E-state index in [0.29, 0.717) is 12.4 Å². The number of amides is 2. The van der Waals surface area contributed by atoms with Gasteiger partial charge in [-0.15, -0.1) is 0 Å². The van der Waals surface area contributed by atoms with Gasteiger partial charge >= 0.3 is 6.03 Å². The first-order valence-electron chi connectivity index (χ1n) is 12.9. The Kier molecular flexibility index (Phi) is 7.25. The lowest BCUT2D eigenvalue weighted by atomic mass is 9.91. The Bertz CT molecular complexity index is 1360. The average Bonchev–Trinajstić information content (AvgIpc) is 3.29. The topological polar surface area (TPSA) is 107 Å². The van der Waals surface area contributed by atoms with Crippen molar-refractivity contribution in [3.05, 3.63) is 72.7 Å². The van der Waals surface area contributed by atoms with Crippen molar-refractivity contribution in [3.63, 3.8) is 0 Å². The van der Waals surface area contributed by atoms with E-state index in [-0.39, 0.29) is 24.2 Å². The molecular formula is C29H34N6O2. The largest absolute Gasteiger partial charge is 0.489 e. The predicted molar refractivity (Wildman–Crippen MR) is 146 cm³/mol. The minimum atomic E-state index is -0.0953. The smallest absolute Gasteiger partial charge is 0.315 e. The summed E-state index contributed by atoms with van der Waals surface area (Å²) in [6.07, 6.45) is 7.39. The van der Waals surface area contributed by atoms with Crippen molar-refractivity contribution in [2.75, 3.05) is 5.73 Å². The number of fused-ring (bicyclic) bond motifs is 1. The van der Waals surface area contributed by atoms with Gasteiger partial charge in [0.2, 0.25) is 0 Å². The van der Waals surface area contributed by atoms with Gasteiger partial charge in [-0.05, 0) is 62.8 Å². The van der Waals surface area contributed by atoms with Crippen molar-refractivity contribution in [3.8, 4) is 16.9 Å². The van der Waals surface area contributed by atoms with E-state index in [1.54, 1.807) is 0 Å². The van der Waals surface area contributed by atoms with Gasteiger partial charge in [0.05, 0.1) is 5.39 Å². The molecule has 4 N–H and O–H groups in total. The van der Waals surface area contributed by atoms with Crippen LogP contribution in [0.1, 0.15) is 51.1 Å². The Morgan fingerprint density at radius 2 is 1.86 bits per heavy atom. The number of nitrogens with zero attached hydrogens (tertiary/aromatic N) is 3. The molecule has 0 saturated heterocycles. The van der Waals surface area contributed by atoms with Gasteiger partial charge in [-0.25, -0.2) is 14.8 Å². The molecule has 0 atom stereocenters. The Morgan fingerprint density at radius 1 is 1.08 bits per heavy atom. The van der Waals surface area contributed by atoms with Gasteiger partial charge in [-0.3, -0.25) is 0 Å². The second kappa shape index (κ2) is 10.9. The van der Waals surface area contributed by atoms with E-state index in [1.165, 1.54) is 6.33 Å². The van der Waals surface area contributed by atoms with E-state index in [0.717, 1.165) is 59.2 Å². The van der Waals surface area contributed by atoms with E-state index >= 15 is 0 Å². The van der Waals surface area contributed by atoms with Crippen LogP contribution >= 0.6 is 0 Å². The van der Waals surface area contributed by atoms with Crippen molar-refractivity contribution >= 4 is 22.9 Å². The van der Waals surface area contributed by atoms with Crippen molar-refractivity contribution < 1.29 is 9.53 Å². The first kappa shape index (κ1) is 24.6. The van der Waals surface area contributed by atoms with Gasteiger partial charge in [-0.1, -0.05) is 42.5 Å². The lowest BCUT2D eigenvalue weighted by Gasteiger charge is -2.30. The quantitative estimate of drug-likeness (QED) is 0.314. The van der Waals surface area contributed by atoms with Crippen molar-refractivity contribution in [2.45, 2.75) is 64.3 Å². The molecule has 4 aromatic rings. The lowest BCUT2D eigenvalue weighted by Crippen LogP contribution is -2.45. The molecule has 192 valence electrons. The number of nitrogen functional groups attached to an aromatic ring is 1. The molecule has 2 amide bonds. The van der Waals surface area contributed by atoms with Crippen molar-refractivity contribution in [1.29, 1.82) is 0 Å². The van der Waals surface area contributed by atoms with E-state index < -0.39 is 0 Å². The lowest BCUT2D eigenvalue weighted by molar-refractivity contribution is 0.225. The summed E-state index contributed by atoms with van der Waals surface area (Å²) in [5.41, 5.74) is 10.3. The number of ether oxygens (including phenoxy) is 1. The number of anilines is 1. The Balaban J connectivity index is 1.37. The maximum atomic E-state index is 12.1. The molecule has 0 radical (unpaired) electrons. The number of aromatic nitrogens is 3. The van der Waals surface area contributed by atoms with E-state index in [2.05, 4.69) is 49.6 Å². The summed E-state index contributed by atoms with van der Waals surface area (Å²) in [4.78, 5) is 21.0. The summed E-state index contributed by atoms with van der Waals surface area (Å²) in [6, 6.07) is 18.7. The van der Waals surface area contributed by atoms with Crippen LogP contribution in [-0.2, 0) is 6.61 Å². The highest BCUT2D eigenvalue weighted by Crippen LogP contribution is 2.38. The molecule has 2 heterocycles. The van der Waals surface area contributed by atoms with Crippen molar-refractivity contribution in [2.24, 2.45) is 0 Å². The maximum absolute atomic E-state index is 12.1. The summed E-state index contributed by atoms with van der Waals surface area (Å²) in [5, 5.41) is 6.88. The molecule has 0 unspecified atom stereocenters. The molecule has 37 heavy (non-hydrogen) atoms. The second-order valence-electron chi connectivity index (χ2n) is 9.99. The Morgan fingerprint density at radius 3 is 2.62 bits per heavy atom. The summed E-state index contributed by atoms with van der Waals surface area (Å²) in [5.74, 6) is 1.26. The van der Waals surface area contributed by atoms with Gasteiger partial charge in [0.25, 0.3) is 0 Å². The van der Waals surface area contributed by atoms with Crippen LogP contribution in [0, 0.1) is 0 Å². The van der Waals surface area contributed by atoms with Crippen LogP contribution in [-0.4, -0.2) is 32.6 Å². The SMILES string of the molecule is CC(C)NC(=O)N[C@H]1CC[C@@H](n2cc(-c3cccc(OCc4ccccc4)c3)c3c(N)ncnc32)CC1. The molecule has 2 aromatic carbocycles. The molecule has 1 fully saturated rings. The van der Waals surface area contributed by atoms with Gasteiger partial charge in [0.1, 0.15) is 30.1 Å². The third-order valence-corrected chi connectivity index (χ3v) is 6.88. The monoisotopic (exact) mass is 498 g/mol. The highest BCUT2D eigenvalue weighted by atomic mass is 16.5. The van der Waals surface area contributed by atoms with E-state index in [4.69, 9.17) is 10.5 Å². The average molecular weight is 499 g/mol. The van der Waals surface area contributed by atoms with Gasteiger partial charge < -0.3 is 25.7 Å². The predicted octanol–water partition coefficient (Wildman–Crippen LogP) is 5.45. The van der Waals surface area contributed by atoms with Crippen LogP contribution in [0.4, 0.5) is 10.6 Å². The third-order valence-electron chi connectivity index (χ3n) is 6.88. The first-order chi connectivity index (χ1) is 18.0. The number of nitrogens with one attached hydrogen (secondary N) is 2. The molecular weight excluding hydrogens is 464 g/mol. The molecule has 8 nitrogen and oxygen atoms in total. The molecule has 5 rings (SSSR count). The third kappa shape index (κ3) is 5.69. The molecule has 0 bridgehead atoms. The van der Waals surface area contributed by atoms with Crippen LogP contribution in [0.5, 0.6) is 5.75 Å². The van der Waals surface area contributed by atoms with Crippen LogP contribution in [0.25, 0.3) is 22.2 Å². The molecule has 0 spiro atoms. The summed E-state index contributed by atoms with van der Waals surface area (Å²) < 4.78 is 8.32. The number of nitrogens with two attached hydrogens (primary N) is 1. The van der Waals surface area contributed by atoms with E-state index in [9.17, 15) is 4.79 Å². The van der Waals surface area contributed by atoms with Crippen LogP contribution in [0.15, 0.2) is 67.1 Å². The summed E-state index contributed by atoms with van der Waals surface area (Å²) in [7, 11) is 0. The standard InChI is InChI=1S/C29H34N6O2/c1-19(2)33-29(36)34-22-11-13-23(14-12-22)35-16-25(26-27(30)31-18-32-28(26)35)21-9-6-10-24(15-21)37-17-20-7-4-3-5-8-20/h3-10,15-16,18-19,22-23H,11-14,17H2,1-2H3,(H2,30,31,32)(H2,33,34,36)/t22-,23+. The second-order valence-corrected chi connectivity index (χ2v) is 9.99. The molecule has 1 aliphatic rings. The molecule has 8 heteroatoms. The summed E-state index contributed by atoms with van der Waals surface area (Å²) >= 11 is 0. The number of benzene rings is 2. The molecule has 1 aliphatic carbocycles. The molecule has 1 saturated carbocycles. The maximum Gasteiger partial charge on any atom is 0.315 e. The zero-order valence-corrected chi connectivity index (χ0v) is 21.4. The van der Waals surface area contributed by atoms with Gasteiger partial charge in [0, 0.05) is 29.9 Å². The zero-order chi connectivity index (χ0) is 25.8. The number of urea groups is 1. The van der Waals surface area contributed by atoms with Gasteiger partial charge in [0.15, 0.2) is 0 Å². The van der Waals surface area contributed by atoms with Gasteiger partial charge in [-0.2, -0.15) is 0 Å².